The number of benzene rings is 1. The van der Waals surface area contributed by atoms with E-state index in [0.717, 1.165) is 19.3 Å². The van der Waals surface area contributed by atoms with Crippen molar-refractivity contribution in [1.82, 2.24) is 0 Å². The normalized spacial score (nSPS) is 11.7. The molecule has 0 aromatic heterocycles. The van der Waals surface area contributed by atoms with Crippen molar-refractivity contribution in [3.63, 3.8) is 0 Å². The van der Waals surface area contributed by atoms with Crippen molar-refractivity contribution >= 4 is 12.0 Å². The predicted molar refractivity (Wildman–Crippen MR) is 130 cm³/mol. The van der Waals surface area contributed by atoms with Gasteiger partial charge in [-0.1, -0.05) is 109 Å². The third-order valence-corrected chi connectivity index (χ3v) is 5.91. The molecule has 0 atom stereocenters. The first kappa shape index (κ1) is 27.1. The van der Waals surface area contributed by atoms with Crippen LogP contribution in [0.25, 0.3) is 6.08 Å². The lowest BCUT2D eigenvalue weighted by atomic mass is 10.0. The second-order valence-corrected chi connectivity index (χ2v) is 8.78. The number of phenols is 2. The van der Waals surface area contributed by atoms with E-state index in [1.54, 1.807) is 12.1 Å². The number of unbranched alkanes of at least 4 members (excludes halogenated alkanes) is 15. The van der Waals surface area contributed by atoms with Crippen LogP contribution in [0.5, 0.6) is 11.5 Å². The maximum atomic E-state index is 11.5. The number of aliphatic carboxylic acids is 1. The molecule has 0 heterocycles. The Morgan fingerprint density at radius 2 is 1.16 bits per heavy atom. The summed E-state index contributed by atoms with van der Waals surface area (Å²) in [4.78, 5) is 11.5. The fraction of sp³-hybridized carbons (Fsp3) is 0.667. The van der Waals surface area contributed by atoms with Crippen molar-refractivity contribution in [2.75, 3.05) is 0 Å². The van der Waals surface area contributed by atoms with Crippen LogP contribution in [0.4, 0.5) is 0 Å². The number of hydrogen-bond acceptors (Lipinski definition) is 3. The van der Waals surface area contributed by atoms with Gasteiger partial charge in [-0.2, -0.15) is 0 Å². The van der Waals surface area contributed by atoms with Crippen LogP contribution in [0.15, 0.2) is 23.8 Å². The van der Waals surface area contributed by atoms with Crippen molar-refractivity contribution in [2.45, 2.75) is 116 Å². The quantitative estimate of drug-likeness (QED) is 0.117. The van der Waals surface area contributed by atoms with Gasteiger partial charge in [-0.25, -0.2) is 4.79 Å². The molecule has 1 aromatic carbocycles. The summed E-state index contributed by atoms with van der Waals surface area (Å²) in [5.41, 5.74) is 0.930. The molecule has 0 aliphatic rings. The highest BCUT2D eigenvalue weighted by Crippen LogP contribution is 2.26. The molecule has 31 heavy (non-hydrogen) atoms. The minimum Gasteiger partial charge on any atom is -0.504 e. The van der Waals surface area contributed by atoms with Crippen LogP contribution in [0.3, 0.4) is 0 Å². The van der Waals surface area contributed by atoms with E-state index in [-0.39, 0.29) is 11.5 Å². The molecule has 0 aliphatic heterocycles. The van der Waals surface area contributed by atoms with E-state index in [9.17, 15) is 20.1 Å². The first-order valence-corrected chi connectivity index (χ1v) is 12.5. The van der Waals surface area contributed by atoms with Crippen molar-refractivity contribution in [1.29, 1.82) is 0 Å². The number of carbonyl (C=O) groups is 1. The predicted octanol–water partition coefficient (Wildman–Crippen LogP) is 8.22. The molecular formula is C27H44O4. The van der Waals surface area contributed by atoms with Crippen molar-refractivity contribution < 1.29 is 20.1 Å². The molecule has 1 rings (SSSR count). The first-order chi connectivity index (χ1) is 15.0. The van der Waals surface area contributed by atoms with Gasteiger partial charge in [0.25, 0.3) is 0 Å². The second kappa shape index (κ2) is 17.7. The average molecular weight is 433 g/mol. The SMILES string of the molecule is CCCCCCCCCCCCCCCCCC/C(=C\c1ccc(O)c(O)c1)C(=O)O. The first-order valence-electron chi connectivity index (χ1n) is 12.5. The lowest BCUT2D eigenvalue weighted by molar-refractivity contribution is -0.132. The van der Waals surface area contributed by atoms with Gasteiger partial charge in [0.05, 0.1) is 0 Å². The number of rotatable bonds is 19. The molecular weight excluding hydrogens is 388 g/mol. The summed E-state index contributed by atoms with van der Waals surface area (Å²) in [6, 6.07) is 4.35. The van der Waals surface area contributed by atoms with Crippen LogP contribution in [-0.4, -0.2) is 21.3 Å². The molecule has 0 aliphatic carbocycles. The summed E-state index contributed by atoms with van der Waals surface area (Å²) in [6.45, 7) is 2.27. The van der Waals surface area contributed by atoms with E-state index in [0.29, 0.717) is 17.6 Å². The minimum absolute atomic E-state index is 0.202. The molecule has 1 aromatic rings. The van der Waals surface area contributed by atoms with Gasteiger partial charge in [-0.3, -0.25) is 0 Å². The summed E-state index contributed by atoms with van der Waals surface area (Å²) < 4.78 is 0. The Morgan fingerprint density at radius 1 is 0.710 bits per heavy atom. The lowest BCUT2D eigenvalue weighted by Crippen LogP contribution is -2.00. The molecule has 0 unspecified atom stereocenters. The van der Waals surface area contributed by atoms with Crippen molar-refractivity contribution in [3.8, 4) is 11.5 Å². The van der Waals surface area contributed by atoms with Gasteiger partial charge in [0, 0.05) is 5.57 Å². The fourth-order valence-corrected chi connectivity index (χ4v) is 3.94. The number of carboxylic acid groups (broad SMARTS) is 1. The zero-order chi connectivity index (χ0) is 22.7. The molecule has 0 saturated carbocycles. The Labute approximate surface area is 189 Å². The standard InChI is InChI=1S/C27H44O4/c1-2-3-4-5-6-7-8-9-10-11-12-13-14-15-16-17-18-24(27(30)31)21-23-19-20-25(28)26(29)22-23/h19-22,28-29H,2-18H2,1H3,(H,30,31)/b24-21+. The zero-order valence-corrected chi connectivity index (χ0v) is 19.6. The smallest absolute Gasteiger partial charge is 0.331 e. The topological polar surface area (TPSA) is 77.8 Å². The van der Waals surface area contributed by atoms with Gasteiger partial charge in [0.2, 0.25) is 0 Å². The summed E-state index contributed by atoms with van der Waals surface area (Å²) in [5, 5.41) is 28.3. The molecule has 176 valence electrons. The van der Waals surface area contributed by atoms with Crippen LogP contribution < -0.4 is 0 Å². The number of phenolic OH excluding ortho intramolecular Hbond substituents is 2. The van der Waals surface area contributed by atoms with Crippen LogP contribution >= 0.6 is 0 Å². The van der Waals surface area contributed by atoms with Gasteiger partial charge < -0.3 is 15.3 Å². The summed E-state index contributed by atoms with van der Waals surface area (Å²) in [5.74, 6) is -1.36. The van der Waals surface area contributed by atoms with Gasteiger partial charge in [0.15, 0.2) is 11.5 Å². The Bertz CT molecular complexity index is 636. The van der Waals surface area contributed by atoms with E-state index >= 15 is 0 Å². The highest BCUT2D eigenvalue weighted by molar-refractivity contribution is 5.92. The molecule has 0 amide bonds. The van der Waals surface area contributed by atoms with Gasteiger partial charge in [-0.15, -0.1) is 0 Å². The van der Waals surface area contributed by atoms with E-state index in [1.165, 1.54) is 95.6 Å². The van der Waals surface area contributed by atoms with E-state index in [2.05, 4.69) is 6.92 Å². The molecule has 4 nitrogen and oxygen atoms in total. The summed E-state index contributed by atoms with van der Waals surface area (Å²) in [7, 11) is 0. The average Bonchev–Trinajstić information content (AvgIpc) is 2.75. The lowest BCUT2D eigenvalue weighted by Gasteiger charge is -2.05. The van der Waals surface area contributed by atoms with E-state index < -0.39 is 5.97 Å². The van der Waals surface area contributed by atoms with Crippen LogP contribution in [0.1, 0.15) is 122 Å². The number of carboxylic acids is 1. The Balaban J connectivity index is 2.02. The van der Waals surface area contributed by atoms with E-state index in [1.807, 2.05) is 0 Å². The molecule has 0 fully saturated rings. The molecule has 0 radical (unpaired) electrons. The Morgan fingerprint density at radius 3 is 1.58 bits per heavy atom. The number of hydrogen-bond donors (Lipinski definition) is 3. The molecule has 0 spiro atoms. The van der Waals surface area contributed by atoms with Crippen LogP contribution in [0.2, 0.25) is 0 Å². The van der Waals surface area contributed by atoms with Crippen molar-refractivity contribution in [3.05, 3.63) is 29.3 Å². The van der Waals surface area contributed by atoms with Gasteiger partial charge in [-0.05, 0) is 36.6 Å². The van der Waals surface area contributed by atoms with Crippen LogP contribution in [-0.2, 0) is 4.79 Å². The third kappa shape index (κ3) is 13.9. The zero-order valence-electron chi connectivity index (χ0n) is 19.6. The van der Waals surface area contributed by atoms with Crippen molar-refractivity contribution in [2.24, 2.45) is 0 Å². The summed E-state index contributed by atoms with van der Waals surface area (Å²) in [6.07, 6.45) is 22.9. The van der Waals surface area contributed by atoms with E-state index in [4.69, 9.17) is 0 Å². The molecule has 4 heteroatoms. The van der Waals surface area contributed by atoms with Gasteiger partial charge in [0.1, 0.15) is 0 Å². The van der Waals surface area contributed by atoms with Gasteiger partial charge >= 0.3 is 5.97 Å². The largest absolute Gasteiger partial charge is 0.504 e. The monoisotopic (exact) mass is 432 g/mol. The number of aromatic hydroxyl groups is 2. The highest BCUT2D eigenvalue weighted by Gasteiger charge is 2.08. The molecule has 0 bridgehead atoms. The Hall–Kier alpha value is -1.97. The minimum atomic E-state index is -0.923. The fourth-order valence-electron chi connectivity index (χ4n) is 3.94. The maximum absolute atomic E-state index is 11.5. The highest BCUT2D eigenvalue weighted by atomic mass is 16.4. The molecule has 3 N–H and O–H groups in total. The Kier molecular flexibility index (Phi) is 15.4. The van der Waals surface area contributed by atoms with Crippen LogP contribution in [0, 0.1) is 0 Å². The second-order valence-electron chi connectivity index (χ2n) is 8.78. The maximum Gasteiger partial charge on any atom is 0.331 e. The third-order valence-electron chi connectivity index (χ3n) is 5.91. The summed E-state index contributed by atoms with van der Waals surface area (Å²) >= 11 is 0. The molecule has 0 saturated heterocycles.